The van der Waals surface area contributed by atoms with Crippen molar-refractivity contribution in [3.8, 4) is 16.9 Å². The summed E-state index contributed by atoms with van der Waals surface area (Å²) in [7, 11) is 0. The lowest BCUT2D eigenvalue weighted by Gasteiger charge is -2.12. The van der Waals surface area contributed by atoms with Crippen molar-refractivity contribution in [2.45, 2.75) is 83.4 Å². The second kappa shape index (κ2) is 18.7. The Morgan fingerprint density at radius 3 is 1.86 bits per heavy atom. The SMILES string of the molecule is C=COCCCCCCCCCCCOc1ccc(-c2ccc(C(=O)OC[C@H](Cl)CC(C)C)cc2)cc1. The van der Waals surface area contributed by atoms with Crippen LogP contribution < -0.4 is 4.74 Å². The third kappa shape index (κ3) is 13.6. The fraction of sp³-hybridized carbons (Fsp3) is 0.531. The number of rotatable bonds is 20. The van der Waals surface area contributed by atoms with Gasteiger partial charge in [0, 0.05) is 0 Å². The highest BCUT2D eigenvalue weighted by atomic mass is 35.5. The van der Waals surface area contributed by atoms with Gasteiger partial charge in [-0.3, -0.25) is 0 Å². The molecule has 0 aliphatic heterocycles. The fourth-order valence-corrected chi connectivity index (χ4v) is 4.59. The molecule has 0 spiro atoms. The van der Waals surface area contributed by atoms with Crippen molar-refractivity contribution < 1.29 is 19.0 Å². The molecule has 37 heavy (non-hydrogen) atoms. The smallest absolute Gasteiger partial charge is 0.338 e. The van der Waals surface area contributed by atoms with Crippen LogP contribution in [0.15, 0.2) is 61.4 Å². The number of halogens is 1. The Kier molecular flexibility index (Phi) is 15.6. The molecule has 0 N–H and O–H groups in total. The normalized spacial score (nSPS) is 11.8. The number of hydrogen-bond donors (Lipinski definition) is 0. The second-order valence-corrected chi connectivity index (χ2v) is 10.6. The van der Waals surface area contributed by atoms with Gasteiger partial charge in [-0.15, -0.1) is 11.6 Å². The Labute approximate surface area is 229 Å². The summed E-state index contributed by atoms with van der Waals surface area (Å²) < 4.78 is 16.4. The van der Waals surface area contributed by atoms with E-state index in [4.69, 9.17) is 25.8 Å². The first kappa shape index (κ1) is 30.8. The number of carbonyl (C=O) groups is 1. The van der Waals surface area contributed by atoms with E-state index in [9.17, 15) is 4.79 Å². The molecular weight excluding hydrogens is 484 g/mol. The lowest BCUT2D eigenvalue weighted by molar-refractivity contribution is 0.0498. The van der Waals surface area contributed by atoms with Gasteiger partial charge in [-0.1, -0.05) is 89.6 Å². The Balaban J connectivity index is 1.60. The predicted octanol–water partition coefficient (Wildman–Crippen LogP) is 9.21. The van der Waals surface area contributed by atoms with E-state index in [1.54, 1.807) is 12.1 Å². The molecule has 0 aromatic heterocycles. The summed E-state index contributed by atoms with van der Waals surface area (Å²) in [6.07, 6.45) is 13.5. The highest BCUT2D eigenvalue weighted by Gasteiger charge is 2.13. The van der Waals surface area contributed by atoms with Gasteiger partial charge in [0.2, 0.25) is 0 Å². The van der Waals surface area contributed by atoms with Crippen LogP contribution in [0.4, 0.5) is 0 Å². The zero-order valence-electron chi connectivity index (χ0n) is 22.8. The van der Waals surface area contributed by atoms with Gasteiger partial charge >= 0.3 is 5.97 Å². The largest absolute Gasteiger partial charge is 0.502 e. The van der Waals surface area contributed by atoms with Gasteiger partial charge in [-0.25, -0.2) is 4.79 Å². The van der Waals surface area contributed by atoms with Gasteiger partial charge in [0.25, 0.3) is 0 Å². The summed E-state index contributed by atoms with van der Waals surface area (Å²) in [6.45, 7) is 9.54. The van der Waals surface area contributed by atoms with Crippen LogP contribution in [-0.2, 0) is 9.47 Å². The molecule has 0 saturated heterocycles. The number of ether oxygens (including phenoxy) is 3. The first-order chi connectivity index (χ1) is 18.0. The molecule has 4 nitrogen and oxygen atoms in total. The topological polar surface area (TPSA) is 44.8 Å². The van der Waals surface area contributed by atoms with Crippen molar-refractivity contribution >= 4 is 17.6 Å². The average Bonchev–Trinajstić information content (AvgIpc) is 2.90. The monoisotopic (exact) mass is 528 g/mol. The van der Waals surface area contributed by atoms with Crippen LogP contribution in [0.2, 0.25) is 0 Å². The van der Waals surface area contributed by atoms with E-state index in [0.717, 1.165) is 49.4 Å². The van der Waals surface area contributed by atoms with E-state index in [0.29, 0.717) is 11.5 Å². The lowest BCUT2D eigenvalue weighted by atomic mass is 10.0. The number of hydrogen-bond acceptors (Lipinski definition) is 4. The van der Waals surface area contributed by atoms with Crippen LogP contribution in [0.1, 0.15) is 88.4 Å². The summed E-state index contributed by atoms with van der Waals surface area (Å²) in [4.78, 5) is 12.3. The maximum atomic E-state index is 12.3. The minimum atomic E-state index is -0.338. The minimum absolute atomic E-state index is 0.155. The second-order valence-electron chi connectivity index (χ2n) is 9.99. The molecule has 0 aliphatic carbocycles. The van der Waals surface area contributed by atoms with Crippen molar-refractivity contribution in [1.29, 1.82) is 0 Å². The summed E-state index contributed by atoms with van der Waals surface area (Å²) in [5.74, 6) is 1.03. The molecule has 1 atom stereocenters. The summed E-state index contributed by atoms with van der Waals surface area (Å²) >= 11 is 6.22. The highest BCUT2D eigenvalue weighted by Crippen LogP contribution is 2.23. The van der Waals surface area contributed by atoms with E-state index < -0.39 is 0 Å². The van der Waals surface area contributed by atoms with Gasteiger partial charge in [0.1, 0.15) is 12.4 Å². The van der Waals surface area contributed by atoms with Gasteiger partial charge in [0.05, 0.1) is 30.4 Å². The van der Waals surface area contributed by atoms with E-state index in [1.165, 1.54) is 51.2 Å². The summed E-state index contributed by atoms with van der Waals surface area (Å²) in [5.41, 5.74) is 2.66. The van der Waals surface area contributed by atoms with Gasteiger partial charge in [-0.05, 0) is 60.6 Å². The molecule has 5 heteroatoms. The predicted molar refractivity (Wildman–Crippen MR) is 154 cm³/mol. The van der Waals surface area contributed by atoms with Gasteiger partial charge < -0.3 is 14.2 Å². The first-order valence-electron chi connectivity index (χ1n) is 13.9. The van der Waals surface area contributed by atoms with Gasteiger partial charge in [-0.2, -0.15) is 0 Å². The van der Waals surface area contributed by atoms with Gasteiger partial charge in [0.15, 0.2) is 0 Å². The van der Waals surface area contributed by atoms with E-state index >= 15 is 0 Å². The van der Waals surface area contributed by atoms with Crippen molar-refractivity contribution in [3.05, 3.63) is 66.9 Å². The van der Waals surface area contributed by atoms with Crippen molar-refractivity contribution in [2.24, 2.45) is 5.92 Å². The fourth-order valence-electron chi connectivity index (χ4n) is 4.17. The number of alkyl halides is 1. The molecule has 0 amide bonds. The molecule has 0 bridgehead atoms. The maximum absolute atomic E-state index is 12.3. The molecule has 0 saturated carbocycles. The van der Waals surface area contributed by atoms with Crippen molar-refractivity contribution in [3.63, 3.8) is 0 Å². The van der Waals surface area contributed by atoms with Crippen LogP contribution in [0.5, 0.6) is 5.75 Å². The molecular formula is C32H45ClO4. The number of unbranched alkanes of at least 4 members (excludes halogenated alkanes) is 8. The Morgan fingerprint density at radius 2 is 1.32 bits per heavy atom. The molecule has 2 aromatic rings. The van der Waals surface area contributed by atoms with E-state index in [-0.39, 0.29) is 18.0 Å². The number of benzene rings is 2. The molecule has 2 rings (SSSR count). The standard InChI is InChI=1S/C32H45ClO4/c1-4-35-22-12-10-8-6-5-7-9-11-13-23-36-31-20-18-28(19-21-31)27-14-16-29(17-15-27)32(34)37-25-30(33)24-26(2)3/h4,14-21,26,30H,1,5-13,22-25H2,2-3H3/t30-/m1/s1. The van der Waals surface area contributed by atoms with Crippen molar-refractivity contribution in [1.82, 2.24) is 0 Å². The lowest BCUT2D eigenvalue weighted by Crippen LogP contribution is -2.16. The molecule has 0 radical (unpaired) electrons. The van der Waals surface area contributed by atoms with Crippen LogP contribution in [0.3, 0.4) is 0 Å². The third-order valence-electron chi connectivity index (χ3n) is 6.22. The average molecular weight is 529 g/mol. The Hall–Kier alpha value is -2.46. The quantitative estimate of drug-likeness (QED) is 0.0743. The molecule has 0 unspecified atom stereocenters. The van der Waals surface area contributed by atoms with Crippen LogP contribution in [-0.4, -0.2) is 31.2 Å². The highest BCUT2D eigenvalue weighted by molar-refractivity contribution is 6.20. The summed E-state index contributed by atoms with van der Waals surface area (Å²) in [5, 5.41) is -0.155. The molecule has 2 aromatic carbocycles. The van der Waals surface area contributed by atoms with E-state index in [1.807, 2.05) is 24.3 Å². The zero-order chi connectivity index (χ0) is 26.7. The molecule has 0 fully saturated rings. The molecule has 204 valence electrons. The summed E-state index contributed by atoms with van der Waals surface area (Å²) in [6, 6.07) is 15.6. The van der Waals surface area contributed by atoms with Crippen molar-refractivity contribution in [2.75, 3.05) is 19.8 Å². The number of carbonyl (C=O) groups excluding carboxylic acids is 1. The maximum Gasteiger partial charge on any atom is 0.338 e. The zero-order valence-corrected chi connectivity index (χ0v) is 23.5. The van der Waals surface area contributed by atoms with Crippen LogP contribution >= 0.6 is 11.6 Å². The first-order valence-corrected chi connectivity index (χ1v) is 14.3. The van der Waals surface area contributed by atoms with Crippen LogP contribution in [0, 0.1) is 5.92 Å². The Morgan fingerprint density at radius 1 is 0.811 bits per heavy atom. The Bertz CT molecular complexity index is 877. The molecule has 0 aliphatic rings. The third-order valence-corrected chi connectivity index (χ3v) is 6.53. The minimum Gasteiger partial charge on any atom is -0.502 e. The van der Waals surface area contributed by atoms with E-state index in [2.05, 4.69) is 32.6 Å². The van der Waals surface area contributed by atoms with Crippen LogP contribution in [0.25, 0.3) is 11.1 Å². The molecule has 0 heterocycles. The number of esters is 1.